The van der Waals surface area contributed by atoms with Crippen LogP contribution in [0.2, 0.25) is 0 Å². The Balaban J connectivity index is 2.22. The van der Waals surface area contributed by atoms with Gasteiger partial charge >= 0.3 is 0 Å². The van der Waals surface area contributed by atoms with Crippen LogP contribution in [0.4, 0.5) is 0 Å². The summed E-state index contributed by atoms with van der Waals surface area (Å²) in [7, 11) is 0. The highest BCUT2D eigenvalue weighted by atomic mass is 16.2. The van der Waals surface area contributed by atoms with Gasteiger partial charge in [0.05, 0.1) is 0 Å². The van der Waals surface area contributed by atoms with Crippen molar-refractivity contribution in [1.82, 2.24) is 9.80 Å². The summed E-state index contributed by atoms with van der Waals surface area (Å²) in [5.74, 6) is -1.66. The summed E-state index contributed by atoms with van der Waals surface area (Å²) in [6, 6.07) is -0.860. The first-order valence-corrected chi connectivity index (χ1v) is 8.41. The van der Waals surface area contributed by atoms with Gasteiger partial charge in [0.1, 0.15) is 11.6 Å². The number of likely N-dealkylation sites (tertiary alicyclic amines) is 2. The lowest BCUT2D eigenvalue weighted by atomic mass is 9.93. The lowest BCUT2D eigenvalue weighted by Crippen LogP contribution is -2.56. The monoisotopic (exact) mass is 338 g/mol. The number of carbonyl (C=O) groups excluding carboxylic acids is 4. The number of primary amides is 2. The lowest BCUT2D eigenvalue weighted by Gasteiger charge is -2.35. The molecule has 0 aromatic carbocycles. The fraction of sp³-hybridized carbons (Fsp3) is 0.750. The van der Waals surface area contributed by atoms with E-state index < -0.39 is 23.4 Å². The Labute approximate surface area is 141 Å². The maximum atomic E-state index is 13.1. The largest absolute Gasteiger partial charge is 0.370 e. The topological polar surface area (TPSA) is 127 Å². The van der Waals surface area contributed by atoms with E-state index in [1.807, 2.05) is 13.8 Å². The minimum atomic E-state index is -0.860. The Bertz CT molecular complexity index is 562. The predicted octanol–water partition coefficient (Wildman–Crippen LogP) is -0.645. The average Bonchev–Trinajstić information content (AvgIpc) is 3.05. The van der Waals surface area contributed by atoms with Crippen molar-refractivity contribution in [2.24, 2.45) is 17.4 Å². The van der Waals surface area contributed by atoms with Crippen LogP contribution in [-0.4, -0.2) is 58.1 Å². The molecular formula is C16H26N4O4. The van der Waals surface area contributed by atoms with Gasteiger partial charge in [0.2, 0.25) is 23.6 Å². The van der Waals surface area contributed by atoms with Crippen molar-refractivity contribution in [2.75, 3.05) is 13.1 Å². The van der Waals surface area contributed by atoms with Gasteiger partial charge in [-0.05, 0) is 25.7 Å². The van der Waals surface area contributed by atoms with Gasteiger partial charge in [-0.15, -0.1) is 0 Å². The molecule has 2 aliphatic heterocycles. The summed E-state index contributed by atoms with van der Waals surface area (Å²) < 4.78 is 0. The summed E-state index contributed by atoms with van der Waals surface area (Å²) in [6.07, 6.45) is 1.96. The molecule has 2 heterocycles. The molecule has 134 valence electrons. The Morgan fingerprint density at radius 3 is 2.38 bits per heavy atom. The fourth-order valence-corrected chi connectivity index (χ4v) is 3.80. The number of hydrogen-bond acceptors (Lipinski definition) is 4. The van der Waals surface area contributed by atoms with Crippen LogP contribution in [0.1, 0.15) is 46.0 Å². The molecule has 2 rings (SSSR count). The van der Waals surface area contributed by atoms with Crippen LogP contribution in [0, 0.1) is 5.92 Å². The van der Waals surface area contributed by atoms with E-state index in [0.29, 0.717) is 25.9 Å². The molecule has 2 fully saturated rings. The lowest BCUT2D eigenvalue weighted by molar-refractivity contribution is -0.150. The van der Waals surface area contributed by atoms with Gasteiger partial charge in [-0.2, -0.15) is 0 Å². The van der Waals surface area contributed by atoms with Crippen molar-refractivity contribution in [3.8, 4) is 0 Å². The molecule has 0 radical (unpaired) electrons. The number of carbonyl (C=O) groups is 4. The maximum absolute atomic E-state index is 13.1. The number of hydrogen-bond donors (Lipinski definition) is 2. The zero-order valence-corrected chi connectivity index (χ0v) is 14.3. The molecule has 0 aromatic heterocycles. The minimum Gasteiger partial charge on any atom is -0.370 e. The van der Waals surface area contributed by atoms with E-state index in [1.165, 1.54) is 4.90 Å². The Morgan fingerprint density at radius 1 is 1.17 bits per heavy atom. The van der Waals surface area contributed by atoms with Gasteiger partial charge in [-0.25, -0.2) is 0 Å². The summed E-state index contributed by atoms with van der Waals surface area (Å²) in [5.41, 5.74) is 9.71. The highest BCUT2D eigenvalue weighted by molar-refractivity contribution is 5.97. The highest BCUT2D eigenvalue weighted by Gasteiger charge is 2.56. The second-order valence-electron chi connectivity index (χ2n) is 6.95. The number of nitrogens with zero attached hydrogens (tertiary/aromatic N) is 2. The molecule has 0 bridgehead atoms. The maximum Gasteiger partial charge on any atom is 0.249 e. The van der Waals surface area contributed by atoms with Gasteiger partial charge in [0, 0.05) is 25.4 Å². The second kappa shape index (κ2) is 6.78. The fourth-order valence-electron chi connectivity index (χ4n) is 3.80. The van der Waals surface area contributed by atoms with Crippen molar-refractivity contribution >= 4 is 23.6 Å². The first-order chi connectivity index (χ1) is 11.2. The third kappa shape index (κ3) is 3.09. The normalized spacial score (nSPS) is 24.9. The zero-order valence-electron chi connectivity index (χ0n) is 14.3. The Hall–Kier alpha value is -2.12. The third-order valence-corrected chi connectivity index (χ3v) is 5.04. The van der Waals surface area contributed by atoms with Crippen LogP contribution in [0.15, 0.2) is 0 Å². The van der Waals surface area contributed by atoms with Crippen LogP contribution in [0.3, 0.4) is 0 Å². The van der Waals surface area contributed by atoms with Crippen molar-refractivity contribution in [1.29, 1.82) is 0 Å². The molecule has 4 amide bonds. The van der Waals surface area contributed by atoms with E-state index in [2.05, 4.69) is 0 Å². The number of nitrogens with two attached hydrogens (primary N) is 2. The SMILES string of the molecule is CC(C)C(=O)N1CCCC12CCN(C(CCC(N)=O)C(N)=O)C2=O. The molecule has 24 heavy (non-hydrogen) atoms. The number of amides is 4. The minimum absolute atomic E-state index is 0.0149. The van der Waals surface area contributed by atoms with Gasteiger partial charge in [-0.3, -0.25) is 19.2 Å². The van der Waals surface area contributed by atoms with Crippen LogP contribution in [0.5, 0.6) is 0 Å². The van der Waals surface area contributed by atoms with Crippen LogP contribution in [0.25, 0.3) is 0 Å². The summed E-state index contributed by atoms with van der Waals surface area (Å²) in [6.45, 7) is 4.53. The third-order valence-electron chi connectivity index (χ3n) is 5.04. The van der Waals surface area contributed by atoms with E-state index in [-0.39, 0.29) is 30.6 Å². The molecule has 2 atom stereocenters. The van der Waals surface area contributed by atoms with Crippen molar-refractivity contribution in [2.45, 2.75) is 57.5 Å². The molecule has 1 spiro atoms. The molecule has 8 heteroatoms. The molecule has 0 aromatic rings. The van der Waals surface area contributed by atoms with Crippen LogP contribution >= 0.6 is 0 Å². The molecule has 0 aliphatic carbocycles. The summed E-state index contributed by atoms with van der Waals surface area (Å²) in [5, 5.41) is 0. The average molecular weight is 338 g/mol. The molecular weight excluding hydrogens is 312 g/mol. The highest BCUT2D eigenvalue weighted by Crippen LogP contribution is 2.40. The standard InChI is InChI=1S/C16H26N4O4/c1-10(2)14(23)20-8-3-6-16(20)7-9-19(15(16)24)11(13(18)22)4-5-12(17)21/h10-11H,3-9H2,1-2H3,(H2,17,21)(H2,18,22). The van der Waals surface area contributed by atoms with Gasteiger partial charge in [-0.1, -0.05) is 13.8 Å². The smallest absolute Gasteiger partial charge is 0.249 e. The Kier molecular flexibility index (Phi) is 5.15. The first kappa shape index (κ1) is 18.2. The summed E-state index contributed by atoms with van der Waals surface area (Å²) in [4.78, 5) is 51.4. The first-order valence-electron chi connectivity index (χ1n) is 8.41. The second-order valence-corrected chi connectivity index (χ2v) is 6.95. The van der Waals surface area contributed by atoms with Crippen LogP contribution < -0.4 is 11.5 Å². The van der Waals surface area contributed by atoms with E-state index >= 15 is 0 Å². The van der Waals surface area contributed by atoms with Crippen molar-refractivity contribution < 1.29 is 19.2 Å². The molecule has 2 unspecified atom stereocenters. The summed E-state index contributed by atoms with van der Waals surface area (Å²) >= 11 is 0. The quantitative estimate of drug-likeness (QED) is 0.667. The van der Waals surface area contributed by atoms with Crippen molar-refractivity contribution in [3.05, 3.63) is 0 Å². The molecule has 8 nitrogen and oxygen atoms in total. The Morgan fingerprint density at radius 2 is 1.83 bits per heavy atom. The van der Waals surface area contributed by atoms with Gasteiger partial charge in [0.15, 0.2) is 0 Å². The molecule has 4 N–H and O–H groups in total. The number of rotatable bonds is 6. The van der Waals surface area contributed by atoms with Gasteiger partial charge in [0.25, 0.3) is 0 Å². The predicted molar refractivity (Wildman–Crippen MR) is 86.3 cm³/mol. The van der Waals surface area contributed by atoms with Crippen LogP contribution in [-0.2, 0) is 19.2 Å². The van der Waals surface area contributed by atoms with E-state index in [4.69, 9.17) is 11.5 Å². The molecule has 2 saturated heterocycles. The van der Waals surface area contributed by atoms with Crippen molar-refractivity contribution in [3.63, 3.8) is 0 Å². The van der Waals surface area contributed by atoms with E-state index in [0.717, 1.165) is 6.42 Å². The van der Waals surface area contributed by atoms with E-state index in [9.17, 15) is 19.2 Å². The van der Waals surface area contributed by atoms with Gasteiger partial charge < -0.3 is 21.3 Å². The molecule has 0 saturated carbocycles. The zero-order chi connectivity index (χ0) is 18.1. The molecule has 2 aliphatic rings. The van der Waals surface area contributed by atoms with E-state index in [1.54, 1.807) is 4.90 Å².